The van der Waals surface area contributed by atoms with Crippen molar-refractivity contribution in [3.8, 4) is 0 Å². The van der Waals surface area contributed by atoms with Crippen LogP contribution < -0.4 is 5.32 Å². The van der Waals surface area contributed by atoms with E-state index in [1.165, 1.54) is 0 Å². The minimum absolute atomic E-state index is 0.0257. The van der Waals surface area contributed by atoms with Crippen LogP contribution in [0.2, 0.25) is 0 Å². The molecule has 1 aliphatic rings. The average molecular weight is 242 g/mol. The number of likely N-dealkylation sites (tertiary alicyclic amines) is 1. The molecular weight excluding hydrogens is 220 g/mol. The number of carboxylic acids is 1. The number of carboxylic acid groups (broad SMARTS) is 1. The lowest BCUT2D eigenvalue weighted by atomic mass is 10.0. The first-order chi connectivity index (χ1) is 7.91. The zero-order valence-corrected chi connectivity index (χ0v) is 10.8. The van der Waals surface area contributed by atoms with Gasteiger partial charge in [-0.15, -0.1) is 0 Å². The molecule has 1 aliphatic heterocycles. The van der Waals surface area contributed by atoms with Gasteiger partial charge in [-0.25, -0.2) is 0 Å². The van der Waals surface area contributed by atoms with E-state index in [1.54, 1.807) is 6.92 Å². The van der Waals surface area contributed by atoms with Crippen LogP contribution in [0.3, 0.4) is 0 Å². The van der Waals surface area contributed by atoms with Crippen LogP contribution in [-0.2, 0) is 9.59 Å². The van der Waals surface area contributed by atoms with Gasteiger partial charge in [-0.1, -0.05) is 13.8 Å². The Kier molecular flexibility index (Phi) is 4.93. The summed E-state index contributed by atoms with van der Waals surface area (Å²) in [5, 5.41) is 11.9. The van der Waals surface area contributed by atoms with Crippen LogP contribution in [0.25, 0.3) is 0 Å². The van der Waals surface area contributed by atoms with Crippen molar-refractivity contribution < 1.29 is 14.7 Å². The van der Waals surface area contributed by atoms with E-state index in [2.05, 4.69) is 5.32 Å². The Labute approximate surface area is 102 Å². The van der Waals surface area contributed by atoms with E-state index in [0.717, 1.165) is 19.4 Å². The summed E-state index contributed by atoms with van der Waals surface area (Å²) in [5.74, 6) is -0.789. The van der Waals surface area contributed by atoms with Crippen molar-refractivity contribution in [2.75, 3.05) is 13.1 Å². The summed E-state index contributed by atoms with van der Waals surface area (Å²) in [4.78, 5) is 24.4. The minimum atomic E-state index is -0.805. The number of amides is 1. The summed E-state index contributed by atoms with van der Waals surface area (Å²) < 4.78 is 0. The number of carbonyl (C=O) groups is 2. The second kappa shape index (κ2) is 6.00. The van der Waals surface area contributed by atoms with Crippen LogP contribution in [0, 0.1) is 5.92 Å². The molecule has 1 fully saturated rings. The third kappa shape index (κ3) is 4.00. The molecule has 1 amide bonds. The summed E-state index contributed by atoms with van der Waals surface area (Å²) in [5.41, 5.74) is 0. The fourth-order valence-electron chi connectivity index (χ4n) is 2.00. The lowest BCUT2D eigenvalue weighted by Crippen LogP contribution is -2.52. The number of rotatable bonds is 4. The average Bonchev–Trinajstić information content (AvgIpc) is 2.28. The number of aliphatic carboxylic acids is 1. The van der Waals surface area contributed by atoms with Gasteiger partial charge in [-0.2, -0.15) is 0 Å². The van der Waals surface area contributed by atoms with E-state index in [9.17, 15) is 9.59 Å². The summed E-state index contributed by atoms with van der Waals surface area (Å²) >= 11 is 0. The van der Waals surface area contributed by atoms with E-state index in [-0.39, 0.29) is 17.9 Å². The number of nitrogens with one attached hydrogen (secondary N) is 1. The van der Waals surface area contributed by atoms with E-state index >= 15 is 0 Å². The molecule has 1 rings (SSSR count). The zero-order chi connectivity index (χ0) is 13.0. The van der Waals surface area contributed by atoms with E-state index < -0.39 is 12.0 Å². The topological polar surface area (TPSA) is 69.6 Å². The molecular formula is C12H22N2O3. The molecule has 1 heterocycles. The van der Waals surface area contributed by atoms with E-state index in [4.69, 9.17) is 5.11 Å². The van der Waals surface area contributed by atoms with Gasteiger partial charge in [0.2, 0.25) is 5.91 Å². The monoisotopic (exact) mass is 242 g/mol. The van der Waals surface area contributed by atoms with E-state index in [0.29, 0.717) is 6.54 Å². The fourth-order valence-corrected chi connectivity index (χ4v) is 2.00. The summed E-state index contributed by atoms with van der Waals surface area (Å²) in [6.45, 7) is 6.83. The van der Waals surface area contributed by atoms with Crippen molar-refractivity contribution in [3.63, 3.8) is 0 Å². The molecule has 0 saturated carbocycles. The molecule has 0 radical (unpaired) electrons. The lowest BCUT2D eigenvalue weighted by molar-refractivity contribution is -0.143. The molecule has 0 aromatic carbocycles. The molecule has 0 bridgehead atoms. The van der Waals surface area contributed by atoms with Gasteiger partial charge in [0.25, 0.3) is 0 Å². The van der Waals surface area contributed by atoms with Gasteiger partial charge in [0, 0.05) is 18.5 Å². The molecule has 0 unspecified atom stereocenters. The fraction of sp³-hybridized carbons (Fsp3) is 0.833. The predicted molar refractivity (Wildman–Crippen MR) is 64.7 cm³/mol. The Morgan fingerprint density at radius 3 is 2.53 bits per heavy atom. The normalized spacial score (nSPS) is 23.4. The molecule has 2 N–H and O–H groups in total. The van der Waals surface area contributed by atoms with Gasteiger partial charge < -0.3 is 10.4 Å². The molecule has 5 nitrogen and oxygen atoms in total. The molecule has 0 spiro atoms. The second-order valence-corrected chi connectivity index (χ2v) is 5.01. The predicted octanol–water partition coefficient (Wildman–Crippen LogP) is 0.696. The Hall–Kier alpha value is -1.10. The molecule has 2 atom stereocenters. The van der Waals surface area contributed by atoms with Crippen molar-refractivity contribution in [1.29, 1.82) is 0 Å². The molecule has 5 heteroatoms. The highest BCUT2D eigenvalue weighted by Gasteiger charge is 2.28. The van der Waals surface area contributed by atoms with Crippen molar-refractivity contribution >= 4 is 11.9 Å². The Bertz CT molecular complexity index is 291. The molecule has 17 heavy (non-hydrogen) atoms. The minimum Gasteiger partial charge on any atom is -0.480 e. The van der Waals surface area contributed by atoms with Crippen molar-refractivity contribution in [1.82, 2.24) is 10.2 Å². The van der Waals surface area contributed by atoms with Gasteiger partial charge in [0.15, 0.2) is 0 Å². The van der Waals surface area contributed by atoms with Gasteiger partial charge in [-0.05, 0) is 26.3 Å². The number of hydrogen-bond acceptors (Lipinski definition) is 3. The number of hydrogen-bond donors (Lipinski definition) is 2. The maximum absolute atomic E-state index is 11.6. The van der Waals surface area contributed by atoms with Crippen LogP contribution in [0.15, 0.2) is 0 Å². The lowest BCUT2D eigenvalue weighted by Gasteiger charge is -2.35. The Balaban J connectivity index is 2.49. The molecule has 1 saturated heterocycles. The maximum atomic E-state index is 11.6. The summed E-state index contributed by atoms with van der Waals surface area (Å²) in [7, 11) is 0. The molecule has 0 aromatic rings. The third-order valence-corrected chi connectivity index (χ3v) is 3.23. The summed E-state index contributed by atoms with van der Waals surface area (Å²) in [6, 6.07) is -0.394. The van der Waals surface area contributed by atoms with Crippen LogP contribution in [0.1, 0.15) is 33.6 Å². The largest absolute Gasteiger partial charge is 0.480 e. The second-order valence-electron chi connectivity index (χ2n) is 5.01. The van der Waals surface area contributed by atoms with Crippen molar-refractivity contribution in [2.24, 2.45) is 5.92 Å². The molecule has 98 valence electrons. The van der Waals surface area contributed by atoms with Crippen LogP contribution in [-0.4, -0.2) is 47.1 Å². The smallest absolute Gasteiger partial charge is 0.320 e. The van der Waals surface area contributed by atoms with Gasteiger partial charge in [0.1, 0.15) is 6.04 Å². The van der Waals surface area contributed by atoms with Crippen LogP contribution in [0.5, 0.6) is 0 Å². The van der Waals surface area contributed by atoms with Gasteiger partial charge >= 0.3 is 5.97 Å². The first kappa shape index (κ1) is 14.0. The van der Waals surface area contributed by atoms with Crippen LogP contribution >= 0.6 is 0 Å². The SMILES string of the molecule is CC(C)C(=O)N[C@H]1CCCN([C@H](C)C(=O)O)C1. The highest BCUT2D eigenvalue weighted by atomic mass is 16.4. The highest BCUT2D eigenvalue weighted by molar-refractivity contribution is 5.78. The molecule has 0 aromatic heterocycles. The number of carbonyl (C=O) groups excluding carboxylic acids is 1. The van der Waals surface area contributed by atoms with Crippen molar-refractivity contribution in [3.05, 3.63) is 0 Å². The maximum Gasteiger partial charge on any atom is 0.320 e. The molecule has 0 aliphatic carbocycles. The Morgan fingerprint density at radius 1 is 1.35 bits per heavy atom. The van der Waals surface area contributed by atoms with Crippen molar-refractivity contribution in [2.45, 2.75) is 45.7 Å². The number of piperidine rings is 1. The first-order valence-electron chi connectivity index (χ1n) is 6.19. The van der Waals surface area contributed by atoms with E-state index in [1.807, 2.05) is 18.7 Å². The standard InChI is InChI=1S/C12H22N2O3/c1-8(2)11(15)13-10-5-4-6-14(7-10)9(3)12(16)17/h8-10H,4-7H2,1-3H3,(H,13,15)(H,16,17)/t9-,10+/m1/s1. The third-order valence-electron chi connectivity index (χ3n) is 3.23. The quantitative estimate of drug-likeness (QED) is 0.761. The van der Waals surface area contributed by atoms with Gasteiger partial charge in [-0.3, -0.25) is 14.5 Å². The zero-order valence-electron chi connectivity index (χ0n) is 10.8. The van der Waals surface area contributed by atoms with Crippen LogP contribution in [0.4, 0.5) is 0 Å². The Morgan fingerprint density at radius 2 is 2.00 bits per heavy atom. The highest BCUT2D eigenvalue weighted by Crippen LogP contribution is 2.13. The van der Waals surface area contributed by atoms with Gasteiger partial charge in [0.05, 0.1) is 0 Å². The number of nitrogens with zero attached hydrogens (tertiary/aromatic N) is 1. The summed E-state index contributed by atoms with van der Waals surface area (Å²) in [6.07, 6.45) is 1.86. The first-order valence-corrected chi connectivity index (χ1v) is 6.19.